The Morgan fingerprint density at radius 3 is 2.50 bits per heavy atom. The highest BCUT2D eigenvalue weighted by molar-refractivity contribution is 5.99. The van der Waals surface area contributed by atoms with Crippen molar-refractivity contribution in [2.75, 3.05) is 0 Å². The van der Waals surface area contributed by atoms with Gasteiger partial charge in [-0.1, -0.05) is 18.2 Å². The number of aliphatic hydroxyl groups is 2. The summed E-state index contributed by atoms with van der Waals surface area (Å²) in [6.45, 7) is 3.32. The quantitative estimate of drug-likeness (QED) is 0.780. The molecule has 4 heteroatoms. The van der Waals surface area contributed by atoms with Gasteiger partial charge < -0.3 is 15.1 Å². The van der Waals surface area contributed by atoms with Crippen molar-refractivity contribution in [2.45, 2.75) is 32.2 Å². The first-order chi connectivity index (χ1) is 7.54. The van der Waals surface area contributed by atoms with Gasteiger partial charge in [-0.05, 0) is 19.9 Å². The van der Waals surface area contributed by atoms with Crippen LogP contribution in [0.1, 0.15) is 36.0 Å². The van der Waals surface area contributed by atoms with Gasteiger partial charge in [0.1, 0.15) is 0 Å². The lowest BCUT2D eigenvalue weighted by Gasteiger charge is -2.29. The van der Waals surface area contributed by atoms with Crippen molar-refractivity contribution in [3.63, 3.8) is 0 Å². The van der Waals surface area contributed by atoms with E-state index in [9.17, 15) is 15.0 Å². The maximum absolute atomic E-state index is 12.0. The minimum absolute atomic E-state index is 0.225. The van der Waals surface area contributed by atoms with Crippen LogP contribution in [0.4, 0.5) is 0 Å². The van der Waals surface area contributed by atoms with Gasteiger partial charge in [0.2, 0.25) is 0 Å². The molecule has 3 atom stereocenters. The Kier molecular flexibility index (Phi) is 2.69. The lowest BCUT2D eigenvalue weighted by atomic mass is 10.1. The molecule has 2 N–H and O–H groups in total. The fraction of sp³-hybridized carbons (Fsp3) is 0.417. The first kappa shape index (κ1) is 11.1. The topological polar surface area (TPSA) is 60.8 Å². The van der Waals surface area contributed by atoms with Crippen LogP contribution < -0.4 is 0 Å². The van der Waals surface area contributed by atoms with Gasteiger partial charge in [-0.3, -0.25) is 4.79 Å². The van der Waals surface area contributed by atoms with Crippen LogP contribution >= 0.6 is 0 Å². The first-order valence-electron chi connectivity index (χ1n) is 5.31. The smallest absolute Gasteiger partial charge is 0.256 e. The third-order valence-corrected chi connectivity index (χ3v) is 3.10. The van der Waals surface area contributed by atoms with E-state index >= 15 is 0 Å². The maximum Gasteiger partial charge on any atom is 0.256 e. The largest absolute Gasteiger partial charge is 0.391 e. The van der Waals surface area contributed by atoms with Gasteiger partial charge in [0, 0.05) is 11.1 Å². The molecular weight excluding hydrogens is 206 g/mol. The lowest BCUT2D eigenvalue weighted by Crippen LogP contribution is -2.42. The third kappa shape index (κ3) is 1.50. The lowest BCUT2D eigenvalue weighted by molar-refractivity contribution is -0.0279. The number of nitrogens with zero attached hydrogens (tertiary/aromatic N) is 1. The highest BCUT2D eigenvalue weighted by Gasteiger charge is 2.39. The molecule has 0 aromatic heterocycles. The summed E-state index contributed by atoms with van der Waals surface area (Å²) in [5, 5.41) is 19.5. The Balaban J connectivity index is 2.38. The second-order valence-corrected chi connectivity index (χ2v) is 4.15. The molecule has 0 saturated heterocycles. The second-order valence-electron chi connectivity index (χ2n) is 4.15. The summed E-state index contributed by atoms with van der Waals surface area (Å²) in [5.41, 5.74) is 1.13. The zero-order valence-electron chi connectivity index (χ0n) is 9.29. The fourth-order valence-corrected chi connectivity index (χ4v) is 1.96. The SMILES string of the molecule is CC(O)[C@H](C)N1C(=O)c2ccccc2C1O. The molecule has 1 aliphatic rings. The van der Waals surface area contributed by atoms with Gasteiger partial charge in [-0.2, -0.15) is 0 Å². The minimum Gasteiger partial charge on any atom is -0.391 e. The molecule has 2 unspecified atom stereocenters. The molecule has 0 bridgehead atoms. The molecule has 0 fully saturated rings. The van der Waals surface area contributed by atoms with Crippen molar-refractivity contribution >= 4 is 5.91 Å². The highest BCUT2D eigenvalue weighted by atomic mass is 16.3. The van der Waals surface area contributed by atoms with E-state index in [-0.39, 0.29) is 5.91 Å². The van der Waals surface area contributed by atoms with Gasteiger partial charge in [-0.15, -0.1) is 0 Å². The van der Waals surface area contributed by atoms with Gasteiger partial charge in [0.25, 0.3) is 5.91 Å². The molecule has 2 rings (SSSR count). The van der Waals surface area contributed by atoms with E-state index in [2.05, 4.69) is 0 Å². The summed E-state index contributed by atoms with van der Waals surface area (Å²) in [6.07, 6.45) is -1.62. The number of fused-ring (bicyclic) bond motifs is 1. The monoisotopic (exact) mass is 221 g/mol. The summed E-state index contributed by atoms with van der Waals surface area (Å²) in [6, 6.07) is 6.56. The van der Waals surface area contributed by atoms with Crippen molar-refractivity contribution in [3.05, 3.63) is 35.4 Å². The zero-order chi connectivity index (χ0) is 11.9. The van der Waals surface area contributed by atoms with Crippen LogP contribution in [0.3, 0.4) is 0 Å². The van der Waals surface area contributed by atoms with E-state index in [1.165, 1.54) is 4.90 Å². The molecule has 16 heavy (non-hydrogen) atoms. The van der Waals surface area contributed by atoms with Crippen LogP contribution in [0, 0.1) is 0 Å². The Hall–Kier alpha value is -1.39. The van der Waals surface area contributed by atoms with Crippen molar-refractivity contribution in [1.82, 2.24) is 4.90 Å². The molecule has 86 valence electrons. The van der Waals surface area contributed by atoms with Crippen LogP contribution in [-0.4, -0.2) is 33.2 Å². The number of carbonyl (C=O) groups excluding carboxylic acids is 1. The average Bonchev–Trinajstić information content (AvgIpc) is 2.52. The Labute approximate surface area is 94.1 Å². The second kappa shape index (κ2) is 3.88. The van der Waals surface area contributed by atoms with Gasteiger partial charge in [0.15, 0.2) is 6.23 Å². The molecule has 1 heterocycles. The number of carbonyl (C=O) groups is 1. The molecule has 1 amide bonds. The number of benzene rings is 1. The predicted molar refractivity (Wildman–Crippen MR) is 58.7 cm³/mol. The van der Waals surface area contributed by atoms with Crippen LogP contribution in [0.15, 0.2) is 24.3 Å². The molecule has 1 aliphatic heterocycles. The normalized spacial score (nSPS) is 23.1. The third-order valence-electron chi connectivity index (χ3n) is 3.10. The van der Waals surface area contributed by atoms with E-state index in [1.54, 1.807) is 38.1 Å². The summed E-state index contributed by atoms with van der Waals surface area (Å²) in [4.78, 5) is 13.3. The summed E-state index contributed by atoms with van der Waals surface area (Å²) in [5.74, 6) is -0.225. The van der Waals surface area contributed by atoms with E-state index in [0.29, 0.717) is 11.1 Å². The number of hydrogen-bond donors (Lipinski definition) is 2. The van der Waals surface area contributed by atoms with Crippen LogP contribution in [0.5, 0.6) is 0 Å². The number of hydrogen-bond acceptors (Lipinski definition) is 3. The van der Waals surface area contributed by atoms with Gasteiger partial charge in [-0.25, -0.2) is 0 Å². The molecule has 1 aromatic carbocycles. The van der Waals surface area contributed by atoms with Crippen molar-refractivity contribution < 1.29 is 15.0 Å². The Bertz CT molecular complexity index is 416. The van der Waals surface area contributed by atoms with Crippen molar-refractivity contribution in [1.29, 1.82) is 0 Å². The minimum atomic E-state index is -0.951. The highest BCUT2D eigenvalue weighted by Crippen LogP contribution is 2.33. The number of rotatable bonds is 2. The van der Waals surface area contributed by atoms with E-state index in [0.717, 1.165) is 0 Å². The van der Waals surface area contributed by atoms with Crippen LogP contribution in [0.25, 0.3) is 0 Å². The molecular formula is C12H15NO3. The zero-order valence-corrected chi connectivity index (χ0v) is 9.29. The number of amides is 1. The van der Waals surface area contributed by atoms with E-state index in [1.807, 2.05) is 0 Å². The van der Waals surface area contributed by atoms with E-state index < -0.39 is 18.4 Å². The first-order valence-corrected chi connectivity index (χ1v) is 5.31. The molecule has 0 spiro atoms. The molecule has 0 saturated carbocycles. The maximum atomic E-state index is 12.0. The Morgan fingerprint density at radius 2 is 1.94 bits per heavy atom. The van der Waals surface area contributed by atoms with E-state index in [4.69, 9.17) is 0 Å². The van der Waals surface area contributed by atoms with Gasteiger partial charge in [0.05, 0.1) is 12.1 Å². The summed E-state index contributed by atoms with van der Waals surface area (Å²) < 4.78 is 0. The standard InChI is InChI=1S/C12H15NO3/c1-7(8(2)14)13-11(15)9-5-3-4-6-10(9)12(13)16/h3-8,11,14-15H,1-2H3/t7-,8?,11?/m0/s1. The fourth-order valence-electron chi connectivity index (χ4n) is 1.96. The van der Waals surface area contributed by atoms with Gasteiger partial charge >= 0.3 is 0 Å². The molecule has 0 radical (unpaired) electrons. The van der Waals surface area contributed by atoms with Crippen molar-refractivity contribution in [2.24, 2.45) is 0 Å². The average molecular weight is 221 g/mol. The van der Waals surface area contributed by atoms with Crippen molar-refractivity contribution in [3.8, 4) is 0 Å². The summed E-state index contributed by atoms with van der Waals surface area (Å²) in [7, 11) is 0. The van der Waals surface area contributed by atoms with Crippen LogP contribution in [-0.2, 0) is 0 Å². The molecule has 1 aromatic rings. The molecule has 0 aliphatic carbocycles. The molecule has 4 nitrogen and oxygen atoms in total. The predicted octanol–water partition coefficient (Wildman–Crippen LogP) is 0.903. The number of aliphatic hydroxyl groups excluding tert-OH is 2. The summed E-state index contributed by atoms with van der Waals surface area (Å²) >= 11 is 0. The Morgan fingerprint density at radius 1 is 1.31 bits per heavy atom. The van der Waals surface area contributed by atoms with Crippen LogP contribution in [0.2, 0.25) is 0 Å².